The first kappa shape index (κ1) is 19.2. The van der Waals surface area contributed by atoms with E-state index in [9.17, 15) is 9.59 Å². The number of rotatable bonds is 8. The number of nitrogens with one attached hydrogen (secondary N) is 2. The van der Waals surface area contributed by atoms with Crippen LogP contribution in [0.3, 0.4) is 0 Å². The Hall–Kier alpha value is -3.12. The number of hydrazone groups is 1. The summed E-state index contributed by atoms with van der Waals surface area (Å²) in [5, 5.41) is 6.89. The van der Waals surface area contributed by atoms with Crippen LogP contribution in [-0.4, -0.2) is 31.2 Å². The molecule has 0 saturated heterocycles. The van der Waals surface area contributed by atoms with Gasteiger partial charge in [0.15, 0.2) is 0 Å². The molecule has 0 bridgehead atoms. The second kappa shape index (κ2) is 10.0. The fourth-order valence-electron chi connectivity index (χ4n) is 1.92. The van der Waals surface area contributed by atoms with Gasteiger partial charge in [0.05, 0.1) is 12.8 Å². The van der Waals surface area contributed by atoms with Gasteiger partial charge < -0.3 is 10.1 Å². The summed E-state index contributed by atoms with van der Waals surface area (Å²) >= 11 is 5.76. The number of hydrogen-bond donors (Lipinski definition) is 2. The van der Waals surface area contributed by atoms with Gasteiger partial charge in [-0.3, -0.25) is 9.59 Å². The van der Waals surface area contributed by atoms with Gasteiger partial charge in [0.1, 0.15) is 12.4 Å². The molecule has 2 rings (SSSR count). The summed E-state index contributed by atoms with van der Waals surface area (Å²) in [6.07, 6.45) is 3.14. The van der Waals surface area contributed by atoms with Crippen molar-refractivity contribution in [3.05, 3.63) is 77.3 Å². The summed E-state index contributed by atoms with van der Waals surface area (Å²) in [5.74, 6) is -0.133. The van der Waals surface area contributed by atoms with Crippen molar-refractivity contribution in [1.82, 2.24) is 10.7 Å². The van der Waals surface area contributed by atoms with Crippen LogP contribution in [0.1, 0.15) is 15.9 Å². The van der Waals surface area contributed by atoms with Crippen LogP contribution in [0.2, 0.25) is 5.02 Å². The number of amides is 2. The van der Waals surface area contributed by atoms with E-state index < -0.39 is 5.91 Å². The number of ether oxygens (including phenoxy) is 1. The van der Waals surface area contributed by atoms with Crippen molar-refractivity contribution in [3.63, 3.8) is 0 Å². The smallest absolute Gasteiger partial charge is 0.259 e. The van der Waals surface area contributed by atoms with Crippen LogP contribution in [-0.2, 0) is 4.79 Å². The molecule has 0 aromatic heterocycles. The summed E-state index contributed by atoms with van der Waals surface area (Å²) in [6, 6.07) is 13.6. The quantitative estimate of drug-likeness (QED) is 0.425. The van der Waals surface area contributed by atoms with Crippen molar-refractivity contribution in [2.75, 3.05) is 13.2 Å². The van der Waals surface area contributed by atoms with Gasteiger partial charge in [-0.1, -0.05) is 36.4 Å². The average molecular weight is 372 g/mol. The Morgan fingerprint density at radius 2 is 1.96 bits per heavy atom. The fourth-order valence-corrected chi connectivity index (χ4v) is 2.05. The Morgan fingerprint density at radius 1 is 1.19 bits per heavy atom. The molecule has 0 aliphatic heterocycles. The molecule has 0 heterocycles. The Kier molecular flexibility index (Phi) is 7.39. The van der Waals surface area contributed by atoms with Crippen molar-refractivity contribution in [2.24, 2.45) is 5.10 Å². The molecular formula is C19H18ClN3O3. The highest BCUT2D eigenvalue weighted by Gasteiger charge is 2.07. The molecule has 26 heavy (non-hydrogen) atoms. The van der Waals surface area contributed by atoms with E-state index in [0.29, 0.717) is 22.9 Å². The zero-order chi connectivity index (χ0) is 18.8. The number of hydrogen-bond acceptors (Lipinski definition) is 4. The van der Waals surface area contributed by atoms with Crippen molar-refractivity contribution in [2.45, 2.75) is 0 Å². The minimum atomic E-state index is -0.442. The lowest BCUT2D eigenvalue weighted by molar-refractivity contribution is -0.120. The molecule has 0 unspecified atom stereocenters. The highest BCUT2D eigenvalue weighted by atomic mass is 35.5. The predicted molar refractivity (Wildman–Crippen MR) is 102 cm³/mol. The highest BCUT2D eigenvalue weighted by molar-refractivity contribution is 6.30. The Balaban J connectivity index is 1.79. The Labute approximate surface area is 156 Å². The first-order valence-electron chi connectivity index (χ1n) is 7.78. The van der Waals surface area contributed by atoms with Crippen LogP contribution in [0.25, 0.3) is 0 Å². The topological polar surface area (TPSA) is 79.8 Å². The van der Waals surface area contributed by atoms with Gasteiger partial charge in [0.2, 0.25) is 0 Å². The summed E-state index contributed by atoms with van der Waals surface area (Å²) in [7, 11) is 0. The molecule has 0 aliphatic carbocycles. The number of carbonyl (C=O) groups is 2. The van der Waals surface area contributed by atoms with Crippen LogP contribution in [0.15, 0.2) is 66.3 Å². The van der Waals surface area contributed by atoms with E-state index in [1.807, 2.05) is 18.2 Å². The number of halogens is 1. The van der Waals surface area contributed by atoms with Crippen molar-refractivity contribution >= 4 is 29.6 Å². The van der Waals surface area contributed by atoms with E-state index in [-0.39, 0.29) is 12.5 Å². The molecule has 2 amide bonds. The van der Waals surface area contributed by atoms with Gasteiger partial charge in [-0.2, -0.15) is 5.10 Å². The van der Waals surface area contributed by atoms with Gasteiger partial charge in [-0.15, -0.1) is 0 Å². The normalized spacial score (nSPS) is 10.3. The van der Waals surface area contributed by atoms with E-state index in [0.717, 1.165) is 5.56 Å². The maximum atomic E-state index is 11.9. The van der Waals surface area contributed by atoms with E-state index >= 15 is 0 Å². The molecule has 0 fully saturated rings. The molecule has 0 saturated carbocycles. The molecule has 0 spiro atoms. The first-order valence-corrected chi connectivity index (χ1v) is 8.15. The first-order chi connectivity index (χ1) is 12.6. The molecule has 6 nitrogen and oxygen atoms in total. The average Bonchev–Trinajstić information content (AvgIpc) is 2.65. The SMILES string of the molecule is C=CCOc1cccc(/C=N\NC(=O)CNC(=O)c2ccc(Cl)cc2)c1. The van der Waals surface area contributed by atoms with Crippen LogP contribution in [0.4, 0.5) is 0 Å². The van der Waals surface area contributed by atoms with Gasteiger partial charge >= 0.3 is 0 Å². The molecule has 0 atom stereocenters. The fraction of sp³-hybridized carbons (Fsp3) is 0.105. The Bertz CT molecular complexity index is 804. The number of nitrogens with zero attached hydrogens (tertiary/aromatic N) is 1. The van der Waals surface area contributed by atoms with E-state index in [1.54, 1.807) is 36.4 Å². The lowest BCUT2D eigenvalue weighted by atomic mass is 10.2. The zero-order valence-electron chi connectivity index (χ0n) is 13.9. The van der Waals surface area contributed by atoms with Gasteiger partial charge in [-0.05, 0) is 42.0 Å². The van der Waals surface area contributed by atoms with Crippen molar-refractivity contribution in [3.8, 4) is 5.75 Å². The van der Waals surface area contributed by atoms with Crippen LogP contribution in [0.5, 0.6) is 5.75 Å². The standard InChI is InChI=1S/C19H18ClN3O3/c1-2-10-26-17-5-3-4-14(11-17)12-22-23-18(24)13-21-19(25)15-6-8-16(20)9-7-15/h2-9,11-12H,1,10,13H2,(H,21,25)(H,23,24)/b22-12-. The predicted octanol–water partition coefficient (Wildman–Crippen LogP) is 2.78. The molecule has 0 aliphatic rings. The minimum Gasteiger partial charge on any atom is -0.490 e. The van der Waals surface area contributed by atoms with Crippen molar-refractivity contribution in [1.29, 1.82) is 0 Å². The van der Waals surface area contributed by atoms with Gasteiger partial charge in [0, 0.05) is 10.6 Å². The van der Waals surface area contributed by atoms with Gasteiger partial charge in [0.25, 0.3) is 11.8 Å². The summed E-state index contributed by atoms with van der Waals surface area (Å²) in [4.78, 5) is 23.6. The second-order valence-electron chi connectivity index (χ2n) is 5.15. The lowest BCUT2D eigenvalue weighted by Gasteiger charge is -2.05. The summed E-state index contributed by atoms with van der Waals surface area (Å²) in [6.45, 7) is 3.80. The highest BCUT2D eigenvalue weighted by Crippen LogP contribution is 2.12. The molecule has 134 valence electrons. The number of benzene rings is 2. The van der Waals surface area contributed by atoms with Crippen LogP contribution < -0.4 is 15.5 Å². The molecule has 7 heteroatoms. The van der Waals surface area contributed by atoms with Crippen LogP contribution in [0, 0.1) is 0 Å². The number of carbonyl (C=O) groups excluding carboxylic acids is 2. The minimum absolute atomic E-state index is 0.193. The lowest BCUT2D eigenvalue weighted by Crippen LogP contribution is -2.34. The van der Waals surface area contributed by atoms with Crippen molar-refractivity contribution < 1.29 is 14.3 Å². The van der Waals surface area contributed by atoms with E-state index in [1.165, 1.54) is 6.21 Å². The molecule has 2 aromatic rings. The molecule has 2 aromatic carbocycles. The third kappa shape index (κ3) is 6.41. The van der Waals surface area contributed by atoms with E-state index in [2.05, 4.69) is 22.4 Å². The van der Waals surface area contributed by atoms with Gasteiger partial charge in [-0.25, -0.2) is 5.43 Å². The van der Waals surface area contributed by atoms with Crippen LogP contribution >= 0.6 is 11.6 Å². The maximum absolute atomic E-state index is 11.9. The zero-order valence-corrected chi connectivity index (χ0v) is 14.7. The summed E-state index contributed by atoms with van der Waals surface area (Å²) < 4.78 is 5.41. The molecule has 2 N–H and O–H groups in total. The van der Waals surface area contributed by atoms with E-state index in [4.69, 9.17) is 16.3 Å². The molecular weight excluding hydrogens is 354 g/mol. The monoisotopic (exact) mass is 371 g/mol. The molecule has 0 radical (unpaired) electrons. The Morgan fingerprint density at radius 3 is 2.69 bits per heavy atom. The maximum Gasteiger partial charge on any atom is 0.259 e. The third-order valence-corrected chi connectivity index (χ3v) is 3.40. The summed E-state index contributed by atoms with van der Waals surface area (Å²) in [5.41, 5.74) is 3.53. The second-order valence-corrected chi connectivity index (χ2v) is 5.59. The third-order valence-electron chi connectivity index (χ3n) is 3.14. The largest absolute Gasteiger partial charge is 0.490 e.